The van der Waals surface area contributed by atoms with Crippen LogP contribution < -0.4 is 15.1 Å². The number of hydrogen-bond acceptors (Lipinski definition) is 3. The van der Waals surface area contributed by atoms with Crippen LogP contribution in [0.5, 0.6) is 5.75 Å². The molecule has 1 aromatic rings. The van der Waals surface area contributed by atoms with Crippen LogP contribution in [0.3, 0.4) is 0 Å². The van der Waals surface area contributed by atoms with E-state index in [9.17, 15) is 4.89 Å². The van der Waals surface area contributed by atoms with Gasteiger partial charge in [0, 0.05) is 6.61 Å². The second kappa shape index (κ2) is 6.13. The monoisotopic (exact) mass is 287 g/mol. The first kappa shape index (κ1) is 14.0. The maximum atomic E-state index is 10.5. The minimum atomic E-state index is -2.83. The molecule has 0 amide bonds. The molecule has 0 saturated carbocycles. The molecule has 0 aliphatic carbocycles. The molecule has 1 fully saturated rings. The molecule has 0 spiro atoms. The van der Waals surface area contributed by atoms with E-state index in [0.29, 0.717) is 11.1 Å². The highest BCUT2D eigenvalue weighted by Gasteiger charge is 2.25. The molecule has 2 N–H and O–H groups in total. The Morgan fingerprint density at radius 2 is 2.22 bits per heavy atom. The van der Waals surface area contributed by atoms with Crippen LogP contribution in [0.25, 0.3) is 0 Å². The lowest BCUT2D eigenvalue weighted by molar-refractivity contribution is 0.00909. The van der Waals surface area contributed by atoms with Crippen LogP contribution in [0, 0.1) is 0 Å². The molecule has 1 aromatic carbocycles. The molecular formula is C12H18NO3PS. The van der Waals surface area contributed by atoms with Crippen LogP contribution in [-0.2, 0) is 16.5 Å². The van der Waals surface area contributed by atoms with Crippen LogP contribution >= 0.6 is 6.42 Å². The summed E-state index contributed by atoms with van der Waals surface area (Å²) in [5.74, 6) is 0.617. The summed E-state index contributed by atoms with van der Waals surface area (Å²) in [6.07, 6.45) is 0.0623. The third-order valence-electron chi connectivity index (χ3n) is 2.91. The number of rotatable bonds is 4. The summed E-state index contributed by atoms with van der Waals surface area (Å²) in [6.45, 7) is 0.721. The fraction of sp³-hybridized carbons (Fsp3) is 0.500. The summed E-state index contributed by atoms with van der Waals surface area (Å²) in [4.78, 5) is 10.5. The highest BCUT2D eigenvalue weighted by atomic mass is 32.4. The first-order valence-corrected chi connectivity index (χ1v) is 8.75. The molecule has 2 atom stereocenters. The van der Waals surface area contributed by atoms with Gasteiger partial charge >= 0.3 is 0 Å². The quantitative estimate of drug-likeness (QED) is 0.826. The van der Waals surface area contributed by atoms with Gasteiger partial charge in [-0.2, -0.15) is 0 Å². The average molecular weight is 287 g/mol. The molecule has 6 heteroatoms. The van der Waals surface area contributed by atoms with Gasteiger partial charge in [-0.15, -0.1) is 0 Å². The first-order valence-electron chi connectivity index (χ1n) is 5.99. The fourth-order valence-corrected chi connectivity index (χ4v) is 4.28. The zero-order valence-corrected chi connectivity index (χ0v) is 12.0. The van der Waals surface area contributed by atoms with Crippen LogP contribution in [-0.4, -0.2) is 24.8 Å². The van der Waals surface area contributed by atoms with Crippen LogP contribution in [0.1, 0.15) is 19.3 Å². The van der Waals surface area contributed by atoms with Crippen molar-refractivity contribution >= 4 is 23.5 Å². The number of methoxy groups -OCH3 is 1. The van der Waals surface area contributed by atoms with Gasteiger partial charge in [0.2, 0.25) is 0 Å². The van der Waals surface area contributed by atoms with Crippen molar-refractivity contribution in [1.29, 1.82) is 0 Å². The predicted octanol–water partition coefficient (Wildman–Crippen LogP) is 1.74. The Morgan fingerprint density at radius 1 is 1.44 bits per heavy atom. The molecule has 1 heterocycles. The minimum Gasteiger partial charge on any atom is -0.496 e. The SMILES string of the molecule is COc1ccccc1P(O)(=S)NC1CCCCO1. The number of benzene rings is 1. The highest BCUT2D eigenvalue weighted by Crippen LogP contribution is 2.39. The molecule has 18 heavy (non-hydrogen) atoms. The summed E-state index contributed by atoms with van der Waals surface area (Å²) < 4.78 is 10.8. The average Bonchev–Trinajstić information content (AvgIpc) is 2.39. The number of nitrogens with one attached hydrogen (secondary N) is 1. The Morgan fingerprint density at radius 3 is 2.89 bits per heavy atom. The molecular weight excluding hydrogens is 269 g/mol. The summed E-state index contributed by atoms with van der Waals surface area (Å²) in [6, 6.07) is 7.30. The van der Waals surface area contributed by atoms with E-state index in [0.717, 1.165) is 25.9 Å². The lowest BCUT2D eigenvalue weighted by Gasteiger charge is -2.28. The van der Waals surface area contributed by atoms with E-state index in [2.05, 4.69) is 5.09 Å². The maximum absolute atomic E-state index is 10.5. The highest BCUT2D eigenvalue weighted by molar-refractivity contribution is 8.14. The molecule has 0 radical (unpaired) electrons. The van der Waals surface area contributed by atoms with E-state index >= 15 is 0 Å². The van der Waals surface area contributed by atoms with Gasteiger partial charge in [-0.1, -0.05) is 12.1 Å². The standard InChI is InChI=1S/C12H18NO3PS/c1-15-10-6-2-3-7-11(10)17(14,18)13-12-8-4-5-9-16-12/h2-3,6-7,12H,4-5,8-9H2,1H3,(H2,13,14,18). The maximum Gasteiger partial charge on any atom is 0.162 e. The second-order valence-corrected chi connectivity index (χ2v) is 7.71. The van der Waals surface area contributed by atoms with E-state index in [1.807, 2.05) is 12.1 Å². The third kappa shape index (κ3) is 3.31. The third-order valence-corrected chi connectivity index (χ3v) is 5.48. The first-order chi connectivity index (χ1) is 8.63. The largest absolute Gasteiger partial charge is 0.496 e. The van der Waals surface area contributed by atoms with Crippen molar-refractivity contribution < 1.29 is 14.4 Å². The summed E-state index contributed by atoms with van der Waals surface area (Å²) in [5, 5.41) is 3.72. The van der Waals surface area contributed by atoms with Gasteiger partial charge in [0.15, 0.2) is 6.42 Å². The van der Waals surface area contributed by atoms with Crippen molar-refractivity contribution in [2.75, 3.05) is 13.7 Å². The molecule has 2 rings (SSSR count). The van der Waals surface area contributed by atoms with Gasteiger partial charge < -0.3 is 14.4 Å². The number of para-hydroxylation sites is 1. The number of ether oxygens (including phenoxy) is 2. The van der Waals surface area contributed by atoms with Gasteiger partial charge in [0.05, 0.1) is 12.4 Å². The lowest BCUT2D eigenvalue weighted by Crippen LogP contribution is -2.35. The topological polar surface area (TPSA) is 50.7 Å². The van der Waals surface area contributed by atoms with E-state index in [4.69, 9.17) is 21.3 Å². The molecule has 2 unspecified atom stereocenters. The van der Waals surface area contributed by atoms with Crippen LogP contribution in [0.4, 0.5) is 0 Å². The van der Waals surface area contributed by atoms with Gasteiger partial charge in [-0.3, -0.25) is 0 Å². The summed E-state index contributed by atoms with van der Waals surface area (Å²) >= 11 is 5.34. The van der Waals surface area contributed by atoms with Crippen molar-refractivity contribution in [3.8, 4) is 5.75 Å². The van der Waals surface area contributed by atoms with Gasteiger partial charge in [-0.05, 0) is 43.2 Å². The summed E-state index contributed by atoms with van der Waals surface area (Å²) in [5.41, 5.74) is 0. The zero-order chi connectivity index (χ0) is 13.0. The molecule has 0 bridgehead atoms. The Bertz CT molecular complexity index is 449. The smallest absolute Gasteiger partial charge is 0.162 e. The summed E-state index contributed by atoms with van der Waals surface area (Å²) in [7, 11) is 1.57. The lowest BCUT2D eigenvalue weighted by atomic mass is 10.2. The molecule has 4 nitrogen and oxygen atoms in total. The van der Waals surface area contributed by atoms with E-state index in [-0.39, 0.29) is 6.23 Å². The van der Waals surface area contributed by atoms with E-state index in [1.54, 1.807) is 19.2 Å². The molecule has 1 aliphatic rings. The van der Waals surface area contributed by atoms with Gasteiger partial charge in [0.25, 0.3) is 0 Å². The van der Waals surface area contributed by atoms with Crippen molar-refractivity contribution in [2.45, 2.75) is 25.5 Å². The van der Waals surface area contributed by atoms with Gasteiger partial charge in [-0.25, -0.2) is 5.09 Å². The normalized spacial score (nSPS) is 23.3. The Labute approximate surface area is 112 Å². The molecule has 1 aliphatic heterocycles. The van der Waals surface area contributed by atoms with Crippen molar-refractivity contribution in [2.24, 2.45) is 0 Å². The zero-order valence-electron chi connectivity index (χ0n) is 10.3. The Balaban J connectivity index is 2.16. The minimum absolute atomic E-state index is 0.153. The Kier molecular flexibility index (Phi) is 4.76. The van der Waals surface area contributed by atoms with E-state index in [1.165, 1.54) is 0 Å². The fourth-order valence-electron chi connectivity index (χ4n) is 1.99. The molecule has 0 aromatic heterocycles. The molecule has 1 saturated heterocycles. The van der Waals surface area contributed by atoms with Crippen molar-refractivity contribution in [1.82, 2.24) is 5.09 Å². The Hall–Kier alpha value is -0.450. The van der Waals surface area contributed by atoms with Crippen molar-refractivity contribution in [3.63, 3.8) is 0 Å². The van der Waals surface area contributed by atoms with Gasteiger partial charge in [0.1, 0.15) is 12.0 Å². The van der Waals surface area contributed by atoms with E-state index < -0.39 is 6.42 Å². The number of hydrogen-bond donors (Lipinski definition) is 2. The van der Waals surface area contributed by atoms with Crippen LogP contribution in [0.15, 0.2) is 24.3 Å². The second-order valence-electron chi connectivity index (χ2n) is 4.23. The van der Waals surface area contributed by atoms with Crippen LogP contribution in [0.2, 0.25) is 0 Å². The predicted molar refractivity (Wildman–Crippen MR) is 75.9 cm³/mol. The van der Waals surface area contributed by atoms with Crippen molar-refractivity contribution in [3.05, 3.63) is 24.3 Å². The molecule has 100 valence electrons.